The van der Waals surface area contributed by atoms with Gasteiger partial charge in [-0.1, -0.05) is 24.9 Å². The van der Waals surface area contributed by atoms with Gasteiger partial charge in [-0.05, 0) is 12.5 Å². The van der Waals surface area contributed by atoms with Crippen LogP contribution in [0.2, 0.25) is 5.02 Å². The van der Waals surface area contributed by atoms with Crippen molar-refractivity contribution in [2.24, 2.45) is 0 Å². The molecule has 0 saturated heterocycles. The van der Waals surface area contributed by atoms with Crippen LogP contribution in [0.15, 0.2) is 18.2 Å². The lowest BCUT2D eigenvalue weighted by molar-refractivity contribution is -0.384. The van der Waals surface area contributed by atoms with Crippen molar-refractivity contribution in [2.75, 3.05) is 0 Å². The lowest BCUT2D eigenvalue weighted by Gasteiger charge is -2.14. The van der Waals surface area contributed by atoms with E-state index in [1.54, 1.807) is 6.92 Å². The zero-order valence-corrected chi connectivity index (χ0v) is 11.4. The number of non-ortho nitro benzene ring substituents is 1. The van der Waals surface area contributed by atoms with Crippen LogP contribution < -0.4 is 5.32 Å². The highest BCUT2D eigenvalue weighted by atomic mass is 35.5. The highest BCUT2D eigenvalue weighted by Crippen LogP contribution is 2.22. The molecule has 0 radical (unpaired) electrons. The summed E-state index contributed by atoms with van der Waals surface area (Å²) in [6, 6.07) is 2.36. The van der Waals surface area contributed by atoms with Gasteiger partial charge in [0.1, 0.15) is 6.04 Å². The van der Waals surface area contributed by atoms with Gasteiger partial charge < -0.3 is 10.4 Å². The number of nitrogens with zero attached hydrogens (tertiary/aromatic N) is 1. The highest BCUT2D eigenvalue weighted by molar-refractivity contribution is 6.34. The lowest BCUT2D eigenvalue weighted by atomic mass is 10.1. The average molecular weight is 301 g/mol. The molecular weight excluding hydrogens is 288 g/mol. The van der Waals surface area contributed by atoms with E-state index in [2.05, 4.69) is 5.32 Å². The van der Waals surface area contributed by atoms with Crippen LogP contribution in [0.1, 0.15) is 30.1 Å². The number of carboxylic acid groups (broad SMARTS) is 1. The molecule has 0 fully saturated rings. The monoisotopic (exact) mass is 300 g/mol. The van der Waals surface area contributed by atoms with Gasteiger partial charge in [0, 0.05) is 12.1 Å². The van der Waals surface area contributed by atoms with Gasteiger partial charge in [0.15, 0.2) is 0 Å². The maximum absolute atomic E-state index is 11.9. The number of nitro benzene ring substituents is 1. The number of carboxylic acids is 1. The molecule has 0 spiro atoms. The number of amides is 1. The number of carbonyl (C=O) groups is 2. The normalized spacial score (nSPS) is 11.7. The number of nitro groups is 1. The fourth-order valence-corrected chi connectivity index (χ4v) is 1.79. The Morgan fingerprint density at radius 3 is 2.65 bits per heavy atom. The van der Waals surface area contributed by atoms with Crippen LogP contribution in [0.5, 0.6) is 0 Å². The molecule has 8 heteroatoms. The van der Waals surface area contributed by atoms with Crippen molar-refractivity contribution in [3.8, 4) is 0 Å². The summed E-state index contributed by atoms with van der Waals surface area (Å²) in [6.07, 6.45) is 0.827. The summed E-state index contributed by atoms with van der Waals surface area (Å²) in [5.41, 5.74) is -0.412. The third-order valence-corrected chi connectivity index (χ3v) is 2.92. The van der Waals surface area contributed by atoms with E-state index < -0.39 is 22.8 Å². The quantitative estimate of drug-likeness (QED) is 0.618. The van der Waals surface area contributed by atoms with Crippen molar-refractivity contribution in [3.63, 3.8) is 0 Å². The van der Waals surface area contributed by atoms with Crippen molar-refractivity contribution in [1.29, 1.82) is 0 Å². The fourth-order valence-electron chi connectivity index (χ4n) is 1.58. The van der Waals surface area contributed by atoms with Crippen LogP contribution in [-0.2, 0) is 4.79 Å². The number of carbonyl (C=O) groups excluding carboxylic acids is 1. The molecular formula is C12H13ClN2O5. The zero-order valence-electron chi connectivity index (χ0n) is 10.6. The van der Waals surface area contributed by atoms with Gasteiger partial charge in [0.2, 0.25) is 0 Å². The van der Waals surface area contributed by atoms with E-state index >= 15 is 0 Å². The first-order chi connectivity index (χ1) is 9.36. The Kier molecular flexibility index (Phi) is 5.45. The minimum Gasteiger partial charge on any atom is -0.480 e. The molecule has 0 aliphatic heterocycles. The van der Waals surface area contributed by atoms with Crippen LogP contribution in [0.25, 0.3) is 0 Å². The molecule has 1 atom stereocenters. The van der Waals surface area contributed by atoms with Gasteiger partial charge in [-0.2, -0.15) is 0 Å². The molecule has 108 valence electrons. The standard InChI is InChI=1S/C12H13ClN2O5/c1-2-3-10(12(17)18)14-11(16)8-6-7(15(19)20)4-5-9(8)13/h4-6,10H,2-3H2,1H3,(H,14,16)(H,17,18)/t10-/m0/s1. The molecule has 1 aromatic rings. The van der Waals surface area contributed by atoms with Crippen LogP contribution in [0.4, 0.5) is 5.69 Å². The maximum atomic E-state index is 11.9. The van der Waals surface area contributed by atoms with E-state index in [-0.39, 0.29) is 22.7 Å². The Balaban J connectivity index is 2.99. The number of rotatable bonds is 6. The number of hydrogen-bond acceptors (Lipinski definition) is 4. The second-order valence-electron chi connectivity index (χ2n) is 4.07. The van der Waals surface area contributed by atoms with E-state index in [1.165, 1.54) is 12.1 Å². The molecule has 0 unspecified atom stereocenters. The maximum Gasteiger partial charge on any atom is 0.326 e. The van der Waals surface area contributed by atoms with Gasteiger partial charge in [-0.25, -0.2) is 4.79 Å². The Labute approximate surface area is 119 Å². The number of benzene rings is 1. The van der Waals surface area contributed by atoms with Gasteiger partial charge in [-0.15, -0.1) is 0 Å². The predicted molar refractivity (Wildman–Crippen MR) is 71.9 cm³/mol. The minimum absolute atomic E-state index is 0.0220. The lowest BCUT2D eigenvalue weighted by Crippen LogP contribution is -2.40. The van der Waals surface area contributed by atoms with Crippen LogP contribution in [0, 0.1) is 10.1 Å². The Morgan fingerprint density at radius 1 is 1.50 bits per heavy atom. The number of nitrogens with one attached hydrogen (secondary N) is 1. The predicted octanol–water partition coefficient (Wildman–Crippen LogP) is 2.23. The Morgan fingerprint density at radius 2 is 2.15 bits per heavy atom. The molecule has 0 heterocycles. The number of aliphatic carboxylic acids is 1. The topological polar surface area (TPSA) is 110 Å². The summed E-state index contributed by atoms with van der Waals surface area (Å²) in [5, 5.41) is 21.9. The highest BCUT2D eigenvalue weighted by Gasteiger charge is 2.22. The molecule has 0 saturated carbocycles. The average Bonchev–Trinajstić information content (AvgIpc) is 2.38. The van der Waals surface area contributed by atoms with Crippen LogP contribution in [-0.4, -0.2) is 27.9 Å². The third kappa shape index (κ3) is 3.92. The summed E-state index contributed by atoms with van der Waals surface area (Å²) in [7, 11) is 0. The molecule has 0 bridgehead atoms. The summed E-state index contributed by atoms with van der Waals surface area (Å²) in [4.78, 5) is 32.9. The van der Waals surface area contributed by atoms with E-state index in [0.29, 0.717) is 6.42 Å². The van der Waals surface area contributed by atoms with Gasteiger partial charge in [-0.3, -0.25) is 14.9 Å². The third-order valence-electron chi connectivity index (χ3n) is 2.59. The van der Waals surface area contributed by atoms with Crippen LogP contribution >= 0.6 is 11.6 Å². The molecule has 0 aromatic heterocycles. The van der Waals surface area contributed by atoms with E-state index in [4.69, 9.17) is 16.7 Å². The van der Waals surface area contributed by atoms with Crippen molar-refractivity contribution < 1.29 is 19.6 Å². The van der Waals surface area contributed by atoms with Gasteiger partial charge >= 0.3 is 5.97 Å². The van der Waals surface area contributed by atoms with Crippen molar-refractivity contribution >= 4 is 29.2 Å². The Bertz CT molecular complexity index is 547. The molecule has 1 aromatic carbocycles. The van der Waals surface area contributed by atoms with Crippen molar-refractivity contribution in [3.05, 3.63) is 38.9 Å². The van der Waals surface area contributed by atoms with Crippen LogP contribution in [0.3, 0.4) is 0 Å². The van der Waals surface area contributed by atoms with E-state index in [1.807, 2.05) is 0 Å². The molecule has 20 heavy (non-hydrogen) atoms. The first kappa shape index (κ1) is 15.9. The smallest absolute Gasteiger partial charge is 0.326 e. The largest absolute Gasteiger partial charge is 0.480 e. The second-order valence-corrected chi connectivity index (χ2v) is 4.48. The first-order valence-electron chi connectivity index (χ1n) is 5.84. The summed E-state index contributed by atoms with van der Waals surface area (Å²) in [5.74, 6) is -1.92. The molecule has 2 N–H and O–H groups in total. The van der Waals surface area contributed by atoms with Gasteiger partial charge in [0.05, 0.1) is 15.5 Å². The molecule has 1 amide bonds. The van der Waals surface area contributed by atoms with Gasteiger partial charge in [0.25, 0.3) is 11.6 Å². The number of halogens is 1. The number of hydrogen-bond donors (Lipinski definition) is 2. The fraction of sp³-hybridized carbons (Fsp3) is 0.333. The second kappa shape index (κ2) is 6.85. The molecule has 0 aliphatic rings. The van der Waals surface area contributed by atoms with Crippen molar-refractivity contribution in [2.45, 2.75) is 25.8 Å². The SMILES string of the molecule is CCC[C@H](NC(=O)c1cc([N+](=O)[O-])ccc1Cl)C(=O)O. The van der Waals surface area contributed by atoms with E-state index in [9.17, 15) is 19.7 Å². The molecule has 7 nitrogen and oxygen atoms in total. The molecule has 1 rings (SSSR count). The first-order valence-corrected chi connectivity index (χ1v) is 6.22. The van der Waals surface area contributed by atoms with E-state index in [0.717, 1.165) is 6.07 Å². The minimum atomic E-state index is -1.17. The summed E-state index contributed by atoms with van der Waals surface area (Å²) < 4.78 is 0. The Hall–Kier alpha value is -2.15. The summed E-state index contributed by atoms with van der Waals surface area (Å²) in [6.45, 7) is 1.78. The molecule has 0 aliphatic carbocycles. The summed E-state index contributed by atoms with van der Waals surface area (Å²) >= 11 is 5.81. The zero-order chi connectivity index (χ0) is 15.3. The van der Waals surface area contributed by atoms with Crippen molar-refractivity contribution in [1.82, 2.24) is 5.32 Å².